The Balaban J connectivity index is 1.27. The van der Waals surface area contributed by atoms with Crippen LogP contribution in [0.15, 0.2) is 18.2 Å². The Labute approximate surface area is 184 Å². The fraction of sp³-hybridized carbons (Fsp3) is 0.524. The Morgan fingerprint density at radius 1 is 1.10 bits per heavy atom. The highest BCUT2D eigenvalue weighted by molar-refractivity contribution is 6.30. The van der Waals surface area contributed by atoms with E-state index < -0.39 is 6.09 Å². The Morgan fingerprint density at radius 2 is 1.87 bits per heavy atom. The number of hydrogen-bond donors (Lipinski definition) is 0. The molecular weight excluding hydrogens is 420 g/mol. The molecule has 1 aromatic heterocycles. The van der Waals surface area contributed by atoms with E-state index in [9.17, 15) is 9.59 Å². The number of likely N-dealkylation sites (tertiary alicyclic amines) is 1. The minimum Gasteiger partial charge on any atom is -0.453 e. The van der Waals surface area contributed by atoms with Gasteiger partial charge in [-0.3, -0.25) is 14.3 Å². The molecule has 0 atom stereocenters. The number of halogens is 1. The number of carbonyl (C=O) groups excluding carboxylic acids is 2. The van der Waals surface area contributed by atoms with Gasteiger partial charge in [-0.05, 0) is 36.6 Å². The standard InChI is InChI=1S/C21H23ClN6O3/c1-31-20(30)25-7-14-6-15(22)4-5-16(14)28-17(8-25)23-24-19(28)27-11-21(12-27)9-26(10-21)18(29)13-2-3-13/h4-6,13H,2-3,7-12H2,1H3. The topological polar surface area (TPSA) is 83.8 Å². The van der Waals surface area contributed by atoms with Crippen molar-refractivity contribution in [3.05, 3.63) is 34.6 Å². The number of anilines is 1. The molecule has 1 saturated carbocycles. The van der Waals surface area contributed by atoms with Crippen molar-refractivity contribution >= 4 is 29.5 Å². The number of aromatic nitrogens is 3. The highest BCUT2D eigenvalue weighted by Crippen LogP contribution is 2.44. The van der Waals surface area contributed by atoms with Gasteiger partial charge in [0.15, 0.2) is 5.82 Å². The molecule has 0 unspecified atom stereocenters. The van der Waals surface area contributed by atoms with Gasteiger partial charge in [-0.25, -0.2) is 4.79 Å². The second-order valence-corrected chi connectivity index (χ2v) is 9.61. The molecule has 3 aliphatic heterocycles. The number of hydrogen-bond acceptors (Lipinski definition) is 6. The van der Waals surface area contributed by atoms with Crippen LogP contribution in [0.5, 0.6) is 0 Å². The van der Waals surface area contributed by atoms with Crippen LogP contribution < -0.4 is 4.90 Å². The number of rotatable bonds is 2. The molecule has 10 heteroatoms. The van der Waals surface area contributed by atoms with E-state index in [4.69, 9.17) is 16.3 Å². The summed E-state index contributed by atoms with van der Waals surface area (Å²) in [5.41, 5.74) is 2.01. The molecule has 2 saturated heterocycles. The van der Waals surface area contributed by atoms with Crippen LogP contribution in [0.25, 0.3) is 5.69 Å². The van der Waals surface area contributed by atoms with Crippen molar-refractivity contribution < 1.29 is 14.3 Å². The third kappa shape index (κ3) is 2.97. The fourth-order valence-electron chi connectivity index (χ4n) is 5.06. The molecule has 1 aliphatic carbocycles. The molecule has 6 rings (SSSR count). The van der Waals surface area contributed by atoms with E-state index >= 15 is 0 Å². The SMILES string of the molecule is COC(=O)N1Cc2cc(Cl)ccc2-n2c(nnc2N2CC3(CN(C(=O)C4CC4)C3)C2)C1. The van der Waals surface area contributed by atoms with Crippen molar-refractivity contribution in [1.82, 2.24) is 24.6 Å². The summed E-state index contributed by atoms with van der Waals surface area (Å²) in [7, 11) is 1.37. The van der Waals surface area contributed by atoms with Gasteiger partial charge in [-0.2, -0.15) is 0 Å². The summed E-state index contributed by atoms with van der Waals surface area (Å²) in [6.45, 7) is 4.05. The zero-order valence-electron chi connectivity index (χ0n) is 17.3. The molecule has 9 nitrogen and oxygen atoms in total. The molecule has 1 aromatic carbocycles. The van der Waals surface area contributed by atoms with Gasteiger partial charge in [0, 0.05) is 42.5 Å². The highest BCUT2D eigenvalue weighted by Gasteiger charge is 2.55. The predicted octanol–water partition coefficient (Wildman–Crippen LogP) is 2.06. The molecule has 0 bridgehead atoms. The van der Waals surface area contributed by atoms with E-state index in [1.54, 1.807) is 4.90 Å². The van der Waals surface area contributed by atoms with Crippen molar-refractivity contribution in [2.24, 2.45) is 11.3 Å². The average Bonchev–Trinajstić information content (AvgIpc) is 3.49. The predicted molar refractivity (Wildman–Crippen MR) is 112 cm³/mol. The summed E-state index contributed by atoms with van der Waals surface area (Å²) in [5.74, 6) is 2.06. The summed E-state index contributed by atoms with van der Waals surface area (Å²) >= 11 is 6.24. The Morgan fingerprint density at radius 3 is 2.58 bits per heavy atom. The quantitative estimate of drug-likeness (QED) is 0.708. The van der Waals surface area contributed by atoms with Crippen LogP contribution >= 0.6 is 11.6 Å². The Hall–Kier alpha value is -2.81. The maximum atomic E-state index is 12.3. The second-order valence-electron chi connectivity index (χ2n) is 9.18. The monoisotopic (exact) mass is 442 g/mol. The van der Waals surface area contributed by atoms with Crippen LogP contribution in [-0.2, 0) is 22.6 Å². The van der Waals surface area contributed by atoms with Gasteiger partial charge in [0.1, 0.15) is 0 Å². The number of amides is 2. The fourth-order valence-corrected chi connectivity index (χ4v) is 5.26. The van der Waals surface area contributed by atoms with E-state index in [1.165, 1.54) is 7.11 Å². The molecule has 31 heavy (non-hydrogen) atoms. The molecule has 2 amide bonds. The van der Waals surface area contributed by atoms with Gasteiger partial charge in [-0.1, -0.05) is 11.6 Å². The van der Waals surface area contributed by atoms with Crippen molar-refractivity contribution in [3.63, 3.8) is 0 Å². The summed E-state index contributed by atoms with van der Waals surface area (Å²) in [6, 6.07) is 5.66. The molecule has 4 heterocycles. The third-order valence-corrected chi connectivity index (χ3v) is 6.98. The van der Waals surface area contributed by atoms with Crippen LogP contribution in [0.3, 0.4) is 0 Å². The van der Waals surface area contributed by atoms with E-state index in [-0.39, 0.29) is 11.3 Å². The molecule has 2 aromatic rings. The first-order valence-electron chi connectivity index (χ1n) is 10.6. The van der Waals surface area contributed by atoms with Crippen LogP contribution in [0.2, 0.25) is 5.02 Å². The van der Waals surface area contributed by atoms with E-state index in [2.05, 4.69) is 15.1 Å². The lowest BCUT2D eigenvalue weighted by Gasteiger charge is -2.60. The third-order valence-electron chi connectivity index (χ3n) is 6.75. The smallest absolute Gasteiger partial charge is 0.410 e. The lowest BCUT2D eigenvalue weighted by molar-refractivity contribution is -0.146. The summed E-state index contributed by atoms with van der Waals surface area (Å²) in [5, 5.41) is 9.47. The van der Waals surface area contributed by atoms with Gasteiger partial charge in [0.2, 0.25) is 11.9 Å². The van der Waals surface area contributed by atoms with E-state index in [0.717, 1.165) is 56.2 Å². The van der Waals surface area contributed by atoms with Gasteiger partial charge >= 0.3 is 6.09 Å². The molecule has 0 radical (unpaired) electrons. The number of benzene rings is 1. The maximum Gasteiger partial charge on any atom is 0.410 e. The van der Waals surface area contributed by atoms with E-state index in [1.807, 2.05) is 27.7 Å². The lowest BCUT2D eigenvalue weighted by Crippen LogP contribution is -2.73. The maximum absolute atomic E-state index is 12.3. The lowest BCUT2D eigenvalue weighted by atomic mass is 9.73. The van der Waals surface area contributed by atoms with E-state index in [0.29, 0.717) is 29.8 Å². The van der Waals surface area contributed by atoms with Crippen molar-refractivity contribution in [2.45, 2.75) is 25.9 Å². The van der Waals surface area contributed by atoms with Crippen LogP contribution in [0.1, 0.15) is 24.2 Å². The molecule has 3 fully saturated rings. The number of carbonyl (C=O) groups is 2. The normalized spacial score (nSPS) is 21.0. The molecule has 0 N–H and O–H groups in total. The number of ether oxygens (including phenoxy) is 1. The summed E-state index contributed by atoms with van der Waals surface area (Å²) in [6.07, 6.45) is 1.68. The molecule has 4 aliphatic rings. The van der Waals surface area contributed by atoms with Gasteiger partial charge in [-0.15, -0.1) is 10.2 Å². The largest absolute Gasteiger partial charge is 0.453 e. The Kier molecular flexibility index (Phi) is 4.02. The summed E-state index contributed by atoms with van der Waals surface area (Å²) in [4.78, 5) is 30.3. The van der Waals surface area contributed by atoms with Crippen LogP contribution in [-0.4, -0.2) is 69.9 Å². The van der Waals surface area contributed by atoms with Gasteiger partial charge in [0.05, 0.1) is 25.9 Å². The van der Waals surface area contributed by atoms with Gasteiger partial charge < -0.3 is 14.5 Å². The molecular formula is C21H23ClN6O3. The van der Waals surface area contributed by atoms with Crippen molar-refractivity contribution in [2.75, 3.05) is 38.2 Å². The molecule has 162 valence electrons. The Bertz CT molecular complexity index is 1080. The number of nitrogens with zero attached hydrogens (tertiary/aromatic N) is 6. The first-order chi connectivity index (χ1) is 15.0. The molecule has 1 spiro atoms. The van der Waals surface area contributed by atoms with Crippen LogP contribution in [0, 0.1) is 11.3 Å². The van der Waals surface area contributed by atoms with Gasteiger partial charge in [0.25, 0.3) is 0 Å². The van der Waals surface area contributed by atoms with Crippen molar-refractivity contribution in [3.8, 4) is 5.69 Å². The zero-order chi connectivity index (χ0) is 21.3. The minimum absolute atomic E-state index is 0.169. The number of fused-ring (bicyclic) bond motifs is 3. The summed E-state index contributed by atoms with van der Waals surface area (Å²) < 4.78 is 6.97. The highest BCUT2D eigenvalue weighted by atomic mass is 35.5. The number of methoxy groups -OCH3 is 1. The minimum atomic E-state index is -0.415. The first kappa shape index (κ1) is 18.9. The first-order valence-corrected chi connectivity index (χ1v) is 10.9. The zero-order valence-corrected chi connectivity index (χ0v) is 18.0. The van der Waals surface area contributed by atoms with Crippen LogP contribution in [0.4, 0.5) is 10.7 Å². The van der Waals surface area contributed by atoms with Crippen molar-refractivity contribution in [1.29, 1.82) is 0 Å². The second kappa shape index (κ2) is 6.59. The average molecular weight is 443 g/mol.